The van der Waals surface area contributed by atoms with E-state index in [-0.39, 0.29) is 10.4 Å². The lowest BCUT2D eigenvalue weighted by Crippen LogP contribution is -2.05. The molecule has 3 aliphatic rings. The Morgan fingerprint density at radius 2 is 1.63 bits per heavy atom. The van der Waals surface area contributed by atoms with Gasteiger partial charge in [0.2, 0.25) is 0 Å². The maximum absolute atomic E-state index is 13.4. The third-order valence-electron chi connectivity index (χ3n) is 5.47. The van der Waals surface area contributed by atoms with Crippen molar-refractivity contribution >= 4 is 23.2 Å². The Balaban J connectivity index is 1.62. The van der Waals surface area contributed by atoms with Crippen LogP contribution in [0.1, 0.15) is 30.2 Å². The van der Waals surface area contributed by atoms with Crippen LogP contribution in [0.5, 0.6) is 0 Å². The van der Waals surface area contributed by atoms with Crippen LogP contribution in [-0.4, -0.2) is 0 Å². The molecular formula is C15H14Cl2F2. The summed E-state index contributed by atoms with van der Waals surface area (Å²) in [5.74, 6) is 1.66. The molecule has 5 unspecified atom stereocenters. The highest BCUT2D eigenvalue weighted by molar-refractivity contribution is 6.32. The largest absolute Gasteiger partial charge is 0.204 e. The molecule has 0 aromatic heterocycles. The normalized spacial score (nSPS) is 40.3. The van der Waals surface area contributed by atoms with Crippen molar-refractivity contribution in [3.63, 3.8) is 0 Å². The summed E-state index contributed by atoms with van der Waals surface area (Å²) in [4.78, 5) is 0. The first kappa shape index (κ1) is 12.4. The van der Waals surface area contributed by atoms with Gasteiger partial charge < -0.3 is 0 Å². The third kappa shape index (κ3) is 1.69. The molecule has 0 spiro atoms. The van der Waals surface area contributed by atoms with Crippen LogP contribution < -0.4 is 0 Å². The highest BCUT2D eigenvalue weighted by atomic mass is 35.5. The predicted octanol–water partition coefficient (Wildman–Crippen LogP) is 5.19. The zero-order valence-electron chi connectivity index (χ0n) is 10.3. The number of hydrogen-bond donors (Lipinski definition) is 0. The highest BCUT2D eigenvalue weighted by Gasteiger charge is 2.66. The number of fused-ring (bicyclic) bond motifs is 5. The van der Waals surface area contributed by atoms with E-state index in [4.69, 9.17) is 23.2 Å². The van der Waals surface area contributed by atoms with E-state index in [0.29, 0.717) is 23.3 Å². The summed E-state index contributed by atoms with van der Waals surface area (Å²) in [6.45, 7) is 0. The van der Waals surface area contributed by atoms with Crippen LogP contribution in [0, 0.1) is 41.2 Å². The highest BCUT2D eigenvalue weighted by Crippen LogP contribution is 2.73. The van der Waals surface area contributed by atoms with E-state index in [1.807, 2.05) is 0 Å². The summed E-state index contributed by atoms with van der Waals surface area (Å²) in [6, 6.07) is 2.21. The number of hydrogen-bond acceptors (Lipinski definition) is 0. The predicted molar refractivity (Wildman–Crippen MR) is 71.3 cm³/mol. The maximum atomic E-state index is 13.4. The molecule has 0 amide bonds. The molecule has 0 nitrogen and oxygen atoms in total. The van der Waals surface area contributed by atoms with Gasteiger partial charge in [-0.15, -0.1) is 11.6 Å². The second-order valence-electron chi connectivity index (χ2n) is 6.25. The topological polar surface area (TPSA) is 0 Å². The lowest BCUT2D eigenvalue weighted by atomic mass is 9.97. The fraction of sp³-hybridized carbons (Fsp3) is 0.600. The van der Waals surface area contributed by atoms with Crippen molar-refractivity contribution in [3.8, 4) is 0 Å². The molecular weight excluding hydrogens is 289 g/mol. The van der Waals surface area contributed by atoms with Crippen molar-refractivity contribution < 1.29 is 8.78 Å². The lowest BCUT2D eigenvalue weighted by molar-refractivity contribution is 0.452. The zero-order chi connectivity index (χ0) is 13.3. The molecule has 0 heterocycles. The van der Waals surface area contributed by atoms with E-state index in [1.54, 1.807) is 0 Å². The monoisotopic (exact) mass is 302 g/mol. The summed E-state index contributed by atoms with van der Waals surface area (Å²) < 4.78 is 26.5. The third-order valence-corrected chi connectivity index (χ3v) is 6.32. The van der Waals surface area contributed by atoms with Gasteiger partial charge in [-0.2, -0.15) is 0 Å². The Morgan fingerprint density at radius 3 is 2.26 bits per heavy atom. The standard InChI is InChI=1S/C15H14Cl2F2/c16-9-5-11(19)10(18)4-8(9)15(17)14-12-6-1-2-7(3-6)13(12)14/h4-7,12-15H,1-3H2. The van der Waals surface area contributed by atoms with Crippen LogP contribution in [0.4, 0.5) is 8.78 Å². The van der Waals surface area contributed by atoms with Gasteiger partial charge in [-0.3, -0.25) is 0 Å². The molecule has 5 atom stereocenters. The Morgan fingerprint density at radius 1 is 1.05 bits per heavy atom. The molecule has 19 heavy (non-hydrogen) atoms. The van der Waals surface area contributed by atoms with Crippen molar-refractivity contribution in [3.05, 3.63) is 34.4 Å². The molecule has 0 saturated heterocycles. The van der Waals surface area contributed by atoms with Crippen molar-refractivity contribution in [1.82, 2.24) is 0 Å². The Kier molecular flexibility index (Phi) is 2.66. The van der Waals surface area contributed by atoms with E-state index in [9.17, 15) is 8.78 Å². The van der Waals surface area contributed by atoms with Gasteiger partial charge in [0.15, 0.2) is 11.6 Å². The Labute approximate surface area is 121 Å². The molecule has 0 N–H and O–H groups in total. The minimum atomic E-state index is -0.909. The first-order valence-corrected chi connectivity index (χ1v) is 7.68. The summed E-state index contributed by atoms with van der Waals surface area (Å²) in [5.41, 5.74) is 0.557. The number of halogens is 4. The van der Waals surface area contributed by atoms with Gasteiger partial charge in [0.25, 0.3) is 0 Å². The fourth-order valence-electron chi connectivity index (χ4n) is 4.74. The van der Waals surface area contributed by atoms with Crippen molar-refractivity contribution in [1.29, 1.82) is 0 Å². The molecule has 1 aromatic rings. The lowest BCUT2D eigenvalue weighted by Gasteiger charge is -2.16. The average Bonchev–Trinajstić information content (AvgIpc) is 2.81. The quantitative estimate of drug-likeness (QED) is 0.521. The minimum absolute atomic E-state index is 0.247. The molecule has 2 bridgehead atoms. The van der Waals surface area contributed by atoms with E-state index in [0.717, 1.165) is 17.9 Å². The number of rotatable bonds is 2. The molecule has 4 heteroatoms. The summed E-state index contributed by atoms with van der Waals surface area (Å²) >= 11 is 12.5. The molecule has 102 valence electrons. The van der Waals surface area contributed by atoms with Gasteiger partial charge in [-0.05, 0) is 66.5 Å². The second kappa shape index (κ2) is 4.08. The van der Waals surface area contributed by atoms with Gasteiger partial charge in [0, 0.05) is 5.02 Å². The number of benzene rings is 1. The van der Waals surface area contributed by atoms with Crippen molar-refractivity contribution in [2.24, 2.45) is 29.6 Å². The van der Waals surface area contributed by atoms with E-state index in [2.05, 4.69) is 0 Å². The fourth-order valence-corrected chi connectivity index (χ4v) is 5.58. The van der Waals surface area contributed by atoms with Crippen LogP contribution in [0.25, 0.3) is 0 Å². The van der Waals surface area contributed by atoms with E-state index in [1.165, 1.54) is 25.3 Å². The number of alkyl halides is 1. The summed E-state index contributed by atoms with van der Waals surface area (Å²) in [5, 5.41) is -0.0304. The van der Waals surface area contributed by atoms with Crippen LogP contribution in [-0.2, 0) is 0 Å². The van der Waals surface area contributed by atoms with Crippen LogP contribution in [0.3, 0.4) is 0 Å². The zero-order valence-corrected chi connectivity index (χ0v) is 11.8. The first-order valence-electron chi connectivity index (χ1n) is 6.86. The van der Waals surface area contributed by atoms with Crippen molar-refractivity contribution in [2.45, 2.75) is 24.6 Å². The Bertz CT molecular complexity index is 529. The van der Waals surface area contributed by atoms with Gasteiger partial charge in [-0.1, -0.05) is 11.6 Å². The SMILES string of the molecule is Fc1cc(Cl)c(C(Cl)C2C3C4CCC(C4)C32)cc1F. The molecule has 1 aromatic carbocycles. The van der Waals surface area contributed by atoms with Crippen molar-refractivity contribution in [2.75, 3.05) is 0 Å². The van der Waals surface area contributed by atoms with E-state index < -0.39 is 11.6 Å². The summed E-state index contributed by atoms with van der Waals surface area (Å²) in [7, 11) is 0. The minimum Gasteiger partial charge on any atom is -0.204 e. The molecule has 3 saturated carbocycles. The van der Waals surface area contributed by atoms with Gasteiger partial charge >= 0.3 is 0 Å². The first-order chi connectivity index (χ1) is 9.08. The summed E-state index contributed by atoms with van der Waals surface area (Å²) in [6.07, 6.45) is 3.98. The molecule has 3 aliphatic carbocycles. The van der Waals surface area contributed by atoms with Crippen LogP contribution in [0.15, 0.2) is 12.1 Å². The average molecular weight is 303 g/mol. The van der Waals surface area contributed by atoms with Gasteiger partial charge in [-0.25, -0.2) is 8.78 Å². The second-order valence-corrected chi connectivity index (χ2v) is 7.13. The molecule has 4 rings (SSSR count). The molecule has 3 fully saturated rings. The smallest absolute Gasteiger partial charge is 0.160 e. The van der Waals surface area contributed by atoms with Crippen LogP contribution >= 0.6 is 23.2 Å². The van der Waals surface area contributed by atoms with E-state index >= 15 is 0 Å². The molecule has 0 radical (unpaired) electrons. The Hall–Kier alpha value is -0.340. The van der Waals surface area contributed by atoms with Gasteiger partial charge in [0.05, 0.1) is 5.38 Å². The van der Waals surface area contributed by atoms with Crippen LogP contribution in [0.2, 0.25) is 5.02 Å². The molecule has 0 aliphatic heterocycles. The van der Waals surface area contributed by atoms with Gasteiger partial charge in [0.1, 0.15) is 0 Å². The maximum Gasteiger partial charge on any atom is 0.160 e.